The zero-order valence-corrected chi connectivity index (χ0v) is 13.8. The predicted octanol–water partition coefficient (Wildman–Crippen LogP) is 4.65. The zero-order chi connectivity index (χ0) is 14.1. The third-order valence-corrected chi connectivity index (χ3v) is 6.00. The monoisotopic (exact) mass is 301 g/mol. The number of thiophene rings is 1. The Morgan fingerprint density at radius 3 is 2.37 bits per heavy atom. The summed E-state index contributed by atoms with van der Waals surface area (Å²) < 4.78 is 5.99. The van der Waals surface area contributed by atoms with Crippen molar-refractivity contribution in [1.29, 1.82) is 0 Å². The van der Waals surface area contributed by atoms with Gasteiger partial charge in [-0.25, -0.2) is 0 Å². The molecule has 4 heteroatoms. The molecule has 1 heterocycles. The molecule has 1 aliphatic carbocycles. The minimum absolute atomic E-state index is 0.126. The van der Waals surface area contributed by atoms with Crippen LogP contribution < -0.4 is 5.32 Å². The van der Waals surface area contributed by atoms with E-state index >= 15 is 0 Å². The fourth-order valence-corrected chi connectivity index (χ4v) is 4.49. The molecule has 1 fully saturated rings. The number of likely N-dealkylation sites (N-methyl/N-ethyl adjacent to an activating group) is 1. The van der Waals surface area contributed by atoms with Crippen LogP contribution in [0.15, 0.2) is 11.4 Å². The molecule has 0 aliphatic heterocycles. The van der Waals surface area contributed by atoms with E-state index in [2.05, 4.69) is 24.5 Å². The van der Waals surface area contributed by atoms with E-state index < -0.39 is 0 Å². The molecule has 1 atom stereocenters. The smallest absolute Gasteiger partial charge is 0.0881 e. The van der Waals surface area contributed by atoms with E-state index in [-0.39, 0.29) is 11.6 Å². The average Bonchev–Trinajstić information content (AvgIpc) is 2.79. The van der Waals surface area contributed by atoms with Gasteiger partial charge in [0.05, 0.1) is 16.7 Å². The van der Waals surface area contributed by atoms with Gasteiger partial charge in [-0.15, -0.1) is 11.3 Å². The van der Waals surface area contributed by atoms with Gasteiger partial charge in [0.15, 0.2) is 0 Å². The average molecular weight is 302 g/mol. The lowest BCUT2D eigenvalue weighted by Gasteiger charge is -2.46. The Bertz CT molecular complexity index is 420. The number of nitrogens with one attached hydrogen (secondary N) is 1. The maximum absolute atomic E-state index is 6.32. The summed E-state index contributed by atoms with van der Waals surface area (Å²) in [7, 11) is 3.84. The van der Waals surface area contributed by atoms with Gasteiger partial charge in [-0.2, -0.15) is 0 Å². The number of rotatable bonds is 4. The molecule has 1 aliphatic rings. The Balaban J connectivity index is 2.27. The molecule has 1 unspecified atom stereocenters. The lowest BCUT2D eigenvalue weighted by molar-refractivity contribution is -0.0854. The summed E-state index contributed by atoms with van der Waals surface area (Å²) in [4.78, 5) is 1.20. The Morgan fingerprint density at radius 1 is 1.32 bits per heavy atom. The topological polar surface area (TPSA) is 21.3 Å². The molecule has 0 radical (unpaired) electrons. The molecular formula is C15H24ClNOS. The van der Waals surface area contributed by atoms with Crippen LogP contribution in [0.4, 0.5) is 0 Å². The van der Waals surface area contributed by atoms with Gasteiger partial charge in [0.25, 0.3) is 0 Å². The highest BCUT2D eigenvalue weighted by Crippen LogP contribution is 2.49. The molecule has 0 saturated heterocycles. The van der Waals surface area contributed by atoms with E-state index in [4.69, 9.17) is 16.3 Å². The van der Waals surface area contributed by atoms with Crippen LogP contribution in [0, 0.1) is 5.41 Å². The summed E-state index contributed by atoms with van der Waals surface area (Å²) in [6.07, 6.45) is 4.55. The van der Waals surface area contributed by atoms with Crippen LogP contribution in [-0.2, 0) is 4.74 Å². The minimum Gasteiger partial charge on any atom is -0.376 e. The van der Waals surface area contributed by atoms with Crippen LogP contribution in [-0.4, -0.2) is 19.8 Å². The van der Waals surface area contributed by atoms with Crippen molar-refractivity contribution in [2.45, 2.75) is 51.2 Å². The van der Waals surface area contributed by atoms with Gasteiger partial charge in [-0.05, 0) is 49.6 Å². The number of methoxy groups -OCH3 is 1. The SMILES string of the molecule is CNC(c1sccc1Cl)C1(OC)CCC(C)(C)CC1. The van der Waals surface area contributed by atoms with Crippen molar-refractivity contribution in [3.05, 3.63) is 21.3 Å². The molecule has 19 heavy (non-hydrogen) atoms. The first-order valence-electron chi connectivity index (χ1n) is 6.89. The van der Waals surface area contributed by atoms with Crippen molar-refractivity contribution >= 4 is 22.9 Å². The standard InChI is InChI=1S/C15H24ClNOS/c1-14(2)6-8-15(18-4,9-7-14)13(17-3)12-11(16)5-10-19-12/h5,10,13,17H,6-9H2,1-4H3. The van der Waals surface area contributed by atoms with Crippen molar-refractivity contribution in [3.63, 3.8) is 0 Å². The van der Waals surface area contributed by atoms with E-state index in [1.54, 1.807) is 11.3 Å². The summed E-state index contributed by atoms with van der Waals surface area (Å²) in [6, 6.07) is 2.16. The van der Waals surface area contributed by atoms with Gasteiger partial charge >= 0.3 is 0 Å². The quantitative estimate of drug-likeness (QED) is 0.874. The largest absolute Gasteiger partial charge is 0.376 e. The number of hydrogen-bond donors (Lipinski definition) is 1. The summed E-state index contributed by atoms with van der Waals surface area (Å²) in [5.74, 6) is 0. The number of ether oxygens (including phenoxy) is 1. The highest BCUT2D eigenvalue weighted by Gasteiger charge is 2.45. The van der Waals surface area contributed by atoms with E-state index in [1.165, 1.54) is 17.7 Å². The van der Waals surface area contributed by atoms with Gasteiger partial charge in [0.1, 0.15) is 0 Å². The molecule has 1 N–H and O–H groups in total. The van der Waals surface area contributed by atoms with Gasteiger partial charge in [0, 0.05) is 12.0 Å². The van der Waals surface area contributed by atoms with Crippen LogP contribution >= 0.6 is 22.9 Å². The number of halogens is 1. The Kier molecular flexibility index (Phi) is 4.61. The van der Waals surface area contributed by atoms with Gasteiger partial charge in [-0.3, -0.25) is 0 Å². The summed E-state index contributed by atoms with van der Waals surface area (Å²) >= 11 is 8.04. The maximum atomic E-state index is 6.32. The Morgan fingerprint density at radius 2 is 1.95 bits per heavy atom. The summed E-state index contributed by atoms with van der Waals surface area (Å²) in [5, 5.41) is 6.34. The Hall–Kier alpha value is -0.0900. The van der Waals surface area contributed by atoms with Crippen molar-refractivity contribution in [3.8, 4) is 0 Å². The summed E-state index contributed by atoms with van der Waals surface area (Å²) in [5.41, 5.74) is 0.304. The second kappa shape index (κ2) is 5.72. The molecule has 0 bridgehead atoms. The normalized spacial score (nSPS) is 23.2. The maximum Gasteiger partial charge on any atom is 0.0881 e. The molecule has 1 aromatic heterocycles. The highest BCUT2D eigenvalue weighted by atomic mass is 35.5. The van der Waals surface area contributed by atoms with Crippen molar-refractivity contribution in [2.24, 2.45) is 5.41 Å². The van der Waals surface area contributed by atoms with Crippen LogP contribution in [0.3, 0.4) is 0 Å². The third-order valence-electron chi connectivity index (χ3n) is 4.58. The van der Waals surface area contributed by atoms with E-state index in [9.17, 15) is 0 Å². The van der Waals surface area contributed by atoms with Crippen LogP contribution in [0.2, 0.25) is 5.02 Å². The molecule has 2 rings (SSSR count). The molecule has 0 amide bonds. The molecule has 2 nitrogen and oxygen atoms in total. The van der Waals surface area contributed by atoms with Gasteiger partial charge < -0.3 is 10.1 Å². The first-order valence-corrected chi connectivity index (χ1v) is 8.15. The lowest BCUT2D eigenvalue weighted by Crippen LogP contribution is -2.48. The van der Waals surface area contributed by atoms with Crippen LogP contribution in [0.25, 0.3) is 0 Å². The zero-order valence-electron chi connectivity index (χ0n) is 12.3. The Labute approximate surface area is 125 Å². The van der Waals surface area contributed by atoms with Crippen molar-refractivity contribution < 1.29 is 4.74 Å². The van der Waals surface area contributed by atoms with Gasteiger partial charge in [0.2, 0.25) is 0 Å². The van der Waals surface area contributed by atoms with Crippen molar-refractivity contribution in [1.82, 2.24) is 5.32 Å². The summed E-state index contributed by atoms with van der Waals surface area (Å²) in [6.45, 7) is 4.69. The van der Waals surface area contributed by atoms with Crippen LogP contribution in [0.1, 0.15) is 50.4 Å². The first kappa shape index (κ1) is 15.3. The van der Waals surface area contributed by atoms with Crippen LogP contribution in [0.5, 0.6) is 0 Å². The van der Waals surface area contributed by atoms with E-state index in [0.29, 0.717) is 5.41 Å². The van der Waals surface area contributed by atoms with Gasteiger partial charge in [-0.1, -0.05) is 25.4 Å². The predicted molar refractivity (Wildman–Crippen MR) is 83.1 cm³/mol. The third kappa shape index (κ3) is 2.99. The number of hydrogen-bond acceptors (Lipinski definition) is 3. The molecule has 0 spiro atoms. The highest BCUT2D eigenvalue weighted by molar-refractivity contribution is 7.10. The lowest BCUT2D eigenvalue weighted by atomic mass is 9.68. The fourth-order valence-electron chi connectivity index (χ4n) is 3.11. The van der Waals surface area contributed by atoms with Crippen molar-refractivity contribution in [2.75, 3.05) is 14.2 Å². The first-order chi connectivity index (χ1) is 8.94. The van der Waals surface area contributed by atoms with E-state index in [1.807, 2.05) is 20.2 Å². The molecule has 0 aromatic carbocycles. The second-order valence-electron chi connectivity index (χ2n) is 6.29. The second-order valence-corrected chi connectivity index (χ2v) is 7.64. The fraction of sp³-hybridized carbons (Fsp3) is 0.733. The molecular weight excluding hydrogens is 278 g/mol. The van der Waals surface area contributed by atoms with E-state index in [0.717, 1.165) is 17.9 Å². The molecule has 108 valence electrons. The molecule has 1 saturated carbocycles. The minimum atomic E-state index is -0.126. The molecule has 1 aromatic rings.